The normalized spacial score (nSPS) is 9.94. The molecule has 2 aromatic rings. The van der Waals surface area contributed by atoms with E-state index in [1.165, 1.54) is 0 Å². The van der Waals surface area contributed by atoms with Crippen molar-refractivity contribution in [1.29, 1.82) is 5.26 Å². The summed E-state index contributed by atoms with van der Waals surface area (Å²) in [5.41, 5.74) is 0.667. The summed E-state index contributed by atoms with van der Waals surface area (Å²) in [6, 6.07) is 9.53. The molecule has 0 aliphatic carbocycles. The maximum Gasteiger partial charge on any atom is 0.208 e. The number of nitrogens with zero attached hydrogens (tertiary/aromatic N) is 4. The molecule has 0 aliphatic heterocycles. The lowest BCUT2D eigenvalue weighted by atomic mass is 10.2. The molecule has 0 unspecified atom stereocenters. The van der Waals surface area contributed by atoms with Gasteiger partial charge in [-0.3, -0.25) is 0 Å². The van der Waals surface area contributed by atoms with Gasteiger partial charge >= 0.3 is 0 Å². The van der Waals surface area contributed by atoms with Gasteiger partial charge in [-0.1, -0.05) is 23.1 Å². The maximum absolute atomic E-state index is 8.70. The summed E-state index contributed by atoms with van der Waals surface area (Å²) < 4.78 is 0.901. The van der Waals surface area contributed by atoms with Crippen LogP contribution >= 0.6 is 23.1 Å². The molecule has 86 valence electrons. The molecule has 2 rings (SSSR count). The Bertz CT molecular complexity index is 539. The van der Waals surface area contributed by atoms with Crippen LogP contribution in [0.25, 0.3) is 0 Å². The Morgan fingerprint density at radius 3 is 2.47 bits per heavy atom. The van der Waals surface area contributed by atoms with Crippen molar-refractivity contribution in [1.82, 2.24) is 10.2 Å². The second-order valence-corrected chi connectivity index (χ2v) is 5.76. The van der Waals surface area contributed by atoms with Gasteiger partial charge in [0.1, 0.15) is 0 Å². The molecule has 0 spiro atoms. The molecule has 17 heavy (non-hydrogen) atoms. The Kier molecular flexibility index (Phi) is 3.61. The first-order valence-electron chi connectivity index (χ1n) is 4.88. The van der Waals surface area contributed by atoms with Crippen LogP contribution in [0, 0.1) is 11.3 Å². The van der Waals surface area contributed by atoms with E-state index < -0.39 is 0 Å². The average molecular weight is 262 g/mol. The van der Waals surface area contributed by atoms with E-state index >= 15 is 0 Å². The molecule has 0 radical (unpaired) electrons. The summed E-state index contributed by atoms with van der Waals surface area (Å²) in [5.74, 6) is 0. The van der Waals surface area contributed by atoms with Gasteiger partial charge in [-0.25, -0.2) is 0 Å². The number of hydrogen-bond donors (Lipinski definition) is 0. The molecule has 0 bridgehead atoms. The quantitative estimate of drug-likeness (QED) is 0.851. The summed E-state index contributed by atoms with van der Waals surface area (Å²) in [4.78, 5) is 2.99. The van der Waals surface area contributed by atoms with Crippen LogP contribution in [-0.2, 0) is 0 Å². The second kappa shape index (κ2) is 5.17. The van der Waals surface area contributed by atoms with Crippen molar-refractivity contribution in [2.24, 2.45) is 0 Å². The molecule has 0 atom stereocenters. The van der Waals surface area contributed by atoms with Crippen molar-refractivity contribution >= 4 is 28.2 Å². The molecular weight excluding hydrogens is 252 g/mol. The zero-order valence-corrected chi connectivity index (χ0v) is 11.0. The minimum absolute atomic E-state index is 0.667. The first-order chi connectivity index (χ1) is 8.19. The molecule has 4 nitrogen and oxygen atoms in total. The van der Waals surface area contributed by atoms with E-state index in [0.717, 1.165) is 14.4 Å². The van der Waals surface area contributed by atoms with Crippen LogP contribution in [0.2, 0.25) is 0 Å². The van der Waals surface area contributed by atoms with Crippen LogP contribution in [0.4, 0.5) is 5.13 Å². The van der Waals surface area contributed by atoms with Gasteiger partial charge in [-0.15, -0.1) is 10.2 Å². The van der Waals surface area contributed by atoms with Crippen LogP contribution in [0.15, 0.2) is 33.5 Å². The molecule has 1 aromatic carbocycles. The number of benzene rings is 1. The lowest BCUT2D eigenvalue weighted by molar-refractivity contribution is 0.972. The van der Waals surface area contributed by atoms with E-state index in [1.54, 1.807) is 35.2 Å². The molecule has 1 aromatic heterocycles. The third-order valence-electron chi connectivity index (χ3n) is 1.97. The van der Waals surface area contributed by atoms with E-state index in [4.69, 9.17) is 5.26 Å². The smallest absolute Gasteiger partial charge is 0.208 e. The van der Waals surface area contributed by atoms with Crippen molar-refractivity contribution < 1.29 is 0 Å². The summed E-state index contributed by atoms with van der Waals surface area (Å²) in [7, 11) is 3.88. The highest BCUT2D eigenvalue weighted by atomic mass is 32.2. The molecular formula is C11H10N4S2. The Labute approximate surface area is 108 Å². The summed E-state index contributed by atoms with van der Waals surface area (Å²) >= 11 is 3.10. The predicted molar refractivity (Wildman–Crippen MR) is 69.5 cm³/mol. The fourth-order valence-electron chi connectivity index (χ4n) is 1.12. The molecule has 0 saturated carbocycles. The number of nitriles is 1. The zero-order valence-electron chi connectivity index (χ0n) is 9.41. The number of aromatic nitrogens is 2. The van der Waals surface area contributed by atoms with E-state index in [0.29, 0.717) is 5.56 Å². The Hall–Kier alpha value is -1.58. The maximum atomic E-state index is 8.70. The third-order valence-corrected chi connectivity index (χ3v) is 4.12. The second-order valence-electron chi connectivity index (χ2n) is 3.48. The van der Waals surface area contributed by atoms with E-state index in [-0.39, 0.29) is 0 Å². The van der Waals surface area contributed by atoms with Gasteiger partial charge in [-0.2, -0.15) is 5.26 Å². The number of rotatable bonds is 3. The fraction of sp³-hybridized carbons (Fsp3) is 0.182. The van der Waals surface area contributed by atoms with Gasteiger partial charge in [-0.05, 0) is 24.3 Å². The predicted octanol–water partition coefficient (Wildman–Crippen LogP) is 2.63. The molecule has 0 amide bonds. The van der Waals surface area contributed by atoms with Crippen molar-refractivity contribution in [2.75, 3.05) is 19.0 Å². The largest absolute Gasteiger partial charge is 0.353 e. The Morgan fingerprint density at radius 2 is 1.94 bits per heavy atom. The summed E-state index contributed by atoms with van der Waals surface area (Å²) in [5, 5.41) is 17.8. The van der Waals surface area contributed by atoms with Gasteiger partial charge in [0.15, 0.2) is 4.34 Å². The van der Waals surface area contributed by atoms with Gasteiger partial charge in [0.05, 0.1) is 11.6 Å². The highest BCUT2D eigenvalue weighted by Crippen LogP contribution is 2.32. The van der Waals surface area contributed by atoms with Crippen LogP contribution in [0.5, 0.6) is 0 Å². The molecule has 0 saturated heterocycles. The highest BCUT2D eigenvalue weighted by molar-refractivity contribution is 8.01. The Balaban J connectivity index is 2.11. The zero-order chi connectivity index (χ0) is 12.3. The van der Waals surface area contributed by atoms with Crippen molar-refractivity contribution in [3.8, 4) is 6.07 Å². The standard InChI is InChI=1S/C11H10N4S2/c1-15(2)10-13-14-11(17-10)16-9-5-3-8(7-12)4-6-9/h3-6H,1-2H3. The first-order valence-corrected chi connectivity index (χ1v) is 6.51. The van der Waals surface area contributed by atoms with Crippen molar-refractivity contribution in [2.45, 2.75) is 9.24 Å². The average Bonchev–Trinajstić information content (AvgIpc) is 2.79. The minimum atomic E-state index is 0.667. The van der Waals surface area contributed by atoms with E-state index in [9.17, 15) is 0 Å². The van der Waals surface area contributed by atoms with Gasteiger partial charge in [0, 0.05) is 19.0 Å². The lowest BCUT2D eigenvalue weighted by Crippen LogP contribution is -2.07. The molecule has 0 N–H and O–H groups in total. The minimum Gasteiger partial charge on any atom is -0.353 e. The van der Waals surface area contributed by atoms with Gasteiger partial charge in [0.25, 0.3) is 0 Å². The topological polar surface area (TPSA) is 52.8 Å². The van der Waals surface area contributed by atoms with E-state index in [2.05, 4.69) is 16.3 Å². The first kappa shape index (κ1) is 11.9. The van der Waals surface area contributed by atoms with Crippen LogP contribution in [-0.4, -0.2) is 24.3 Å². The molecule has 6 heteroatoms. The van der Waals surface area contributed by atoms with Crippen LogP contribution in [0.1, 0.15) is 5.56 Å². The van der Waals surface area contributed by atoms with Gasteiger partial charge < -0.3 is 4.90 Å². The number of hydrogen-bond acceptors (Lipinski definition) is 6. The molecule has 0 fully saturated rings. The van der Waals surface area contributed by atoms with Gasteiger partial charge in [0.2, 0.25) is 5.13 Å². The molecule has 0 aliphatic rings. The number of anilines is 1. The highest BCUT2D eigenvalue weighted by Gasteiger charge is 2.07. The van der Waals surface area contributed by atoms with Crippen LogP contribution in [0.3, 0.4) is 0 Å². The third kappa shape index (κ3) is 2.96. The Morgan fingerprint density at radius 1 is 1.24 bits per heavy atom. The molecule has 1 heterocycles. The SMILES string of the molecule is CN(C)c1nnc(Sc2ccc(C#N)cc2)s1. The lowest BCUT2D eigenvalue weighted by Gasteiger charge is -2.03. The van der Waals surface area contributed by atoms with Crippen LogP contribution < -0.4 is 4.90 Å². The van der Waals surface area contributed by atoms with E-state index in [1.807, 2.05) is 31.1 Å². The summed E-state index contributed by atoms with van der Waals surface area (Å²) in [6.07, 6.45) is 0. The van der Waals surface area contributed by atoms with Crippen molar-refractivity contribution in [3.05, 3.63) is 29.8 Å². The monoisotopic (exact) mass is 262 g/mol. The van der Waals surface area contributed by atoms with Crippen molar-refractivity contribution in [3.63, 3.8) is 0 Å². The summed E-state index contributed by atoms with van der Waals surface area (Å²) in [6.45, 7) is 0. The fourth-order valence-corrected chi connectivity index (χ4v) is 2.86.